The van der Waals surface area contributed by atoms with Gasteiger partial charge in [0.15, 0.2) is 0 Å². The zero-order valence-corrected chi connectivity index (χ0v) is 6.88. The van der Waals surface area contributed by atoms with Crippen molar-refractivity contribution < 1.29 is 0 Å². The lowest BCUT2D eigenvalue weighted by atomic mass is 10.2. The van der Waals surface area contributed by atoms with Gasteiger partial charge in [0.25, 0.3) is 0 Å². The molecule has 1 unspecified atom stereocenters. The van der Waals surface area contributed by atoms with Crippen molar-refractivity contribution in [1.82, 2.24) is 9.88 Å². The van der Waals surface area contributed by atoms with Crippen molar-refractivity contribution in [2.24, 2.45) is 7.05 Å². The normalized spacial score (nSPS) is 24.3. The zero-order chi connectivity index (χ0) is 7.68. The monoisotopic (exact) mass is 150 g/mol. The summed E-state index contributed by atoms with van der Waals surface area (Å²) in [5.41, 5.74) is 1.42. The van der Waals surface area contributed by atoms with Crippen LogP contribution in [0.1, 0.15) is 24.6 Å². The Morgan fingerprint density at radius 1 is 1.64 bits per heavy atom. The molecule has 1 atom stereocenters. The molecule has 0 aliphatic carbocycles. The van der Waals surface area contributed by atoms with Crippen LogP contribution in [0.5, 0.6) is 0 Å². The van der Waals surface area contributed by atoms with Crippen LogP contribution in [-0.4, -0.2) is 11.1 Å². The van der Waals surface area contributed by atoms with Crippen molar-refractivity contribution in [1.29, 1.82) is 0 Å². The average Bonchev–Trinajstić information content (AvgIpc) is 2.55. The highest BCUT2D eigenvalue weighted by Crippen LogP contribution is 2.22. The second-order valence-electron chi connectivity index (χ2n) is 3.19. The van der Waals surface area contributed by atoms with Crippen LogP contribution in [-0.2, 0) is 7.05 Å². The quantitative estimate of drug-likeness (QED) is 0.641. The Morgan fingerprint density at radius 3 is 3.09 bits per heavy atom. The largest absolute Gasteiger partial charge is 0.353 e. The van der Waals surface area contributed by atoms with Crippen LogP contribution in [0.15, 0.2) is 18.3 Å². The number of nitrogens with zero attached hydrogens (tertiary/aromatic N) is 1. The molecule has 2 nitrogen and oxygen atoms in total. The SMILES string of the molecule is Cn1cccc1C1CCCN1. The maximum Gasteiger partial charge on any atom is 0.0475 e. The van der Waals surface area contributed by atoms with Gasteiger partial charge in [-0.1, -0.05) is 0 Å². The van der Waals surface area contributed by atoms with Gasteiger partial charge in [-0.15, -0.1) is 0 Å². The van der Waals surface area contributed by atoms with Crippen molar-refractivity contribution in [3.05, 3.63) is 24.0 Å². The molecular weight excluding hydrogens is 136 g/mol. The molecular formula is C9H14N2. The van der Waals surface area contributed by atoms with E-state index in [1.165, 1.54) is 25.1 Å². The first-order chi connectivity index (χ1) is 5.38. The summed E-state index contributed by atoms with van der Waals surface area (Å²) in [4.78, 5) is 0. The maximum atomic E-state index is 3.48. The molecule has 0 radical (unpaired) electrons. The molecule has 1 N–H and O–H groups in total. The molecule has 0 saturated carbocycles. The molecule has 2 heterocycles. The summed E-state index contributed by atoms with van der Waals surface area (Å²) in [6.07, 6.45) is 4.71. The topological polar surface area (TPSA) is 17.0 Å². The van der Waals surface area contributed by atoms with Crippen molar-refractivity contribution in [2.75, 3.05) is 6.54 Å². The van der Waals surface area contributed by atoms with E-state index in [1.807, 2.05) is 0 Å². The summed E-state index contributed by atoms with van der Waals surface area (Å²) in [5, 5.41) is 3.48. The van der Waals surface area contributed by atoms with Crippen LogP contribution in [0.25, 0.3) is 0 Å². The van der Waals surface area contributed by atoms with Gasteiger partial charge in [-0.05, 0) is 31.5 Å². The van der Waals surface area contributed by atoms with Crippen molar-refractivity contribution >= 4 is 0 Å². The number of nitrogens with one attached hydrogen (secondary N) is 1. The minimum absolute atomic E-state index is 0.606. The molecule has 1 fully saturated rings. The number of hydrogen-bond donors (Lipinski definition) is 1. The molecule has 2 heteroatoms. The molecule has 0 amide bonds. The highest BCUT2D eigenvalue weighted by atomic mass is 15.0. The minimum Gasteiger partial charge on any atom is -0.353 e. The lowest BCUT2D eigenvalue weighted by Gasteiger charge is -2.10. The molecule has 1 aromatic heterocycles. The van der Waals surface area contributed by atoms with E-state index in [9.17, 15) is 0 Å². The van der Waals surface area contributed by atoms with E-state index >= 15 is 0 Å². The van der Waals surface area contributed by atoms with E-state index < -0.39 is 0 Å². The van der Waals surface area contributed by atoms with Crippen LogP contribution < -0.4 is 5.32 Å². The van der Waals surface area contributed by atoms with Gasteiger partial charge in [-0.2, -0.15) is 0 Å². The van der Waals surface area contributed by atoms with Crippen LogP contribution in [0.2, 0.25) is 0 Å². The summed E-state index contributed by atoms with van der Waals surface area (Å²) in [5.74, 6) is 0. The Labute approximate surface area is 67.2 Å². The zero-order valence-electron chi connectivity index (χ0n) is 6.88. The first-order valence-corrected chi connectivity index (χ1v) is 4.22. The summed E-state index contributed by atoms with van der Waals surface area (Å²) in [7, 11) is 2.11. The fraction of sp³-hybridized carbons (Fsp3) is 0.556. The van der Waals surface area contributed by atoms with E-state index in [4.69, 9.17) is 0 Å². The van der Waals surface area contributed by atoms with Gasteiger partial charge in [-0.3, -0.25) is 0 Å². The predicted molar refractivity (Wildman–Crippen MR) is 45.4 cm³/mol. The third kappa shape index (κ3) is 1.18. The number of hydrogen-bond acceptors (Lipinski definition) is 1. The standard InChI is InChI=1S/C9H14N2/c1-11-7-3-5-9(11)8-4-2-6-10-8/h3,5,7-8,10H,2,4,6H2,1H3. The Hall–Kier alpha value is -0.760. The highest BCUT2D eigenvalue weighted by Gasteiger charge is 2.17. The second kappa shape index (κ2) is 2.70. The smallest absolute Gasteiger partial charge is 0.0475 e. The molecule has 1 aliphatic heterocycles. The van der Waals surface area contributed by atoms with Crippen molar-refractivity contribution in [2.45, 2.75) is 18.9 Å². The third-order valence-corrected chi connectivity index (χ3v) is 2.40. The summed E-state index contributed by atoms with van der Waals surface area (Å²) in [6.45, 7) is 1.18. The molecule has 0 spiro atoms. The van der Waals surface area contributed by atoms with Gasteiger partial charge < -0.3 is 9.88 Å². The van der Waals surface area contributed by atoms with Crippen LogP contribution >= 0.6 is 0 Å². The number of aryl methyl sites for hydroxylation is 1. The molecule has 1 saturated heterocycles. The molecule has 60 valence electrons. The average molecular weight is 150 g/mol. The van der Waals surface area contributed by atoms with E-state index in [2.05, 4.69) is 35.3 Å². The van der Waals surface area contributed by atoms with Crippen LogP contribution in [0.3, 0.4) is 0 Å². The Morgan fingerprint density at radius 2 is 2.55 bits per heavy atom. The van der Waals surface area contributed by atoms with Gasteiger partial charge in [-0.25, -0.2) is 0 Å². The maximum absolute atomic E-state index is 3.48. The lowest BCUT2D eigenvalue weighted by Crippen LogP contribution is -2.15. The molecule has 2 rings (SSSR count). The fourth-order valence-corrected chi connectivity index (χ4v) is 1.77. The minimum atomic E-state index is 0.606. The first-order valence-electron chi connectivity index (χ1n) is 4.22. The lowest BCUT2D eigenvalue weighted by molar-refractivity contribution is 0.599. The Bertz CT molecular complexity index is 233. The number of rotatable bonds is 1. The molecule has 1 aliphatic rings. The number of aromatic nitrogens is 1. The highest BCUT2D eigenvalue weighted by molar-refractivity contribution is 5.12. The summed E-state index contributed by atoms with van der Waals surface area (Å²) >= 11 is 0. The molecule has 0 bridgehead atoms. The summed E-state index contributed by atoms with van der Waals surface area (Å²) in [6, 6.07) is 4.91. The van der Waals surface area contributed by atoms with Crippen LogP contribution in [0, 0.1) is 0 Å². The fourth-order valence-electron chi connectivity index (χ4n) is 1.77. The van der Waals surface area contributed by atoms with E-state index in [1.54, 1.807) is 0 Å². The van der Waals surface area contributed by atoms with Crippen molar-refractivity contribution in [3.8, 4) is 0 Å². The van der Waals surface area contributed by atoms with E-state index in [0.29, 0.717) is 6.04 Å². The van der Waals surface area contributed by atoms with Gasteiger partial charge in [0.2, 0.25) is 0 Å². The van der Waals surface area contributed by atoms with Crippen molar-refractivity contribution in [3.63, 3.8) is 0 Å². The van der Waals surface area contributed by atoms with Gasteiger partial charge in [0.1, 0.15) is 0 Å². The first kappa shape index (κ1) is 6.92. The van der Waals surface area contributed by atoms with E-state index in [-0.39, 0.29) is 0 Å². The van der Waals surface area contributed by atoms with Gasteiger partial charge in [0.05, 0.1) is 0 Å². The summed E-state index contributed by atoms with van der Waals surface area (Å²) < 4.78 is 2.20. The predicted octanol–water partition coefficient (Wildman–Crippen LogP) is 1.45. The van der Waals surface area contributed by atoms with E-state index in [0.717, 1.165) is 0 Å². The molecule has 11 heavy (non-hydrogen) atoms. The second-order valence-corrected chi connectivity index (χ2v) is 3.19. The van der Waals surface area contributed by atoms with Crippen LogP contribution in [0.4, 0.5) is 0 Å². The Balaban J connectivity index is 2.21. The molecule has 0 aromatic carbocycles. The Kier molecular flexibility index (Phi) is 1.70. The van der Waals surface area contributed by atoms with Gasteiger partial charge >= 0.3 is 0 Å². The van der Waals surface area contributed by atoms with Gasteiger partial charge in [0, 0.05) is 25.0 Å². The molecule has 1 aromatic rings. The third-order valence-electron chi connectivity index (χ3n) is 2.40.